The molecule has 0 radical (unpaired) electrons. The van der Waals surface area contributed by atoms with Crippen LogP contribution in [0.25, 0.3) is 10.9 Å². The van der Waals surface area contributed by atoms with Crippen LogP contribution in [-0.2, 0) is 12.8 Å². The molecule has 0 bridgehead atoms. The topological polar surface area (TPSA) is 28.3 Å². The maximum absolute atomic E-state index is 5.33. The number of ether oxygens (including phenoxy) is 1. The maximum Gasteiger partial charge on any atom is 0.119 e. The van der Waals surface area contributed by atoms with Crippen molar-refractivity contribution in [3.05, 3.63) is 65.9 Å². The van der Waals surface area contributed by atoms with E-state index >= 15 is 0 Å². The Morgan fingerprint density at radius 2 is 1.80 bits per heavy atom. The Hall–Kier alpha value is -2.26. The van der Waals surface area contributed by atoms with Crippen molar-refractivity contribution >= 4 is 10.9 Å². The lowest BCUT2D eigenvalue weighted by Gasteiger charge is -2.21. The Kier molecular flexibility index (Phi) is 6.13. The SMILES string of the molecule is CCCN(CCc1cccc(OC)c1)CCc1c[nH]c2ccccc12. The maximum atomic E-state index is 5.33. The third-order valence-electron chi connectivity index (χ3n) is 4.76. The first-order valence-electron chi connectivity index (χ1n) is 9.20. The lowest BCUT2D eigenvalue weighted by molar-refractivity contribution is 0.281. The molecular formula is C22H28N2O. The first-order valence-corrected chi connectivity index (χ1v) is 9.20. The number of hydrogen-bond acceptors (Lipinski definition) is 2. The second-order valence-corrected chi connectivity index (χ2v) is 6.55. The van der Waals surface area contributed by atoms with Gasteiger partial charge in [0.25, 0.3) is 0 Å². The van der Waals surface area contributed by atoms with Crippen molar-refractivity contribution in [1.82, 2.24) is 9.88 Å². The Labute approximate surface area is 150 Å². The summed E-state index contributed by atoms with van der Waals surface area (Å²) in [6, 6.07) is 17.0. The van der Waals surface area contributed by atoms with E-state index in [0.29, 0.717) is 0 Å². The van der Waals surface area contributed by atoms with Crippen LogP contribution < -0.4 is 4.74 Å². The molecule has 1 N–H and O–H groups in total. The Morgan fingerprint density at radius 1 is 0.960 bits per heavy atom. The number of hydrogen-bond donors (Lipinski definition) is 1. The molecule has 25 heavy (non-hydrogen) atoms. The predicted octanol–water partition coefficient (Wildman–Crippen LogP) is 4.67. The van der Waals surface area contributed by atoms with Gasteiger partial charge in [-0.3, -0.25) is 0 Å². The molecule has 3 heteroatoms. The molecule has 0 aliphatic carbocycles. The Bertz CT molecular complexity index is 793. The summed E-state index contributed by atoms with van der Waals surface area (Å²) in [5.74, 6) is 0.943. The second kappa shape index (κ2) is 8.72. The van der Waals surface area contributed by atoms with Crippen LogP contribution in [0.2, 0.25) is 0 Å². The van der Waals surface area contributed by atoms with Gasteiger partial charge in [0.15, 0.2) is 0 Å². The molecule has 0 amide bonds. The van der Waals surface area contributed by atoms with Gasteiger partial charge in [0.2, 0.25) is 0 Å². The molecule has 1 heterocycles. The van der Waals surface area contributed by atoms with Crippen molar-refractivity contribution in [3.8, 4) is 5.75 Å². The third kappa shape index (κ3) is 4.64. The number of aromatic amines is 1. The molecule has 3 aromatic rings. The van der Waals surface area contributed by atoms with Gasteiger partial charge < -0.3 is 14.6 Å². The zero-order chi connectivity index (χ0) is 17.5. The predicted molar refractivity (Wildman–Crippen MR) is 105 cm³/mol. The van der Waals surface area contributed by atoms with Crippen LogP contribution in [0.4, 0.5) is 0 Å². The number of nitrogens with zero attached hydrogens (tertiary/aromatic N) is 1. The molecule has 0 saturated carbocycles. The minimum Gasteiger partial charge on any atom is -0.497 e. The van der Waals surface area contributed by atoms with Crippen LogP contribution in [0, 0.1) is 0 Å². The summed E-state index contributed by atoms with van der Waals surface area (Å²) < 4.78 is 5.33. The number of H-pyrrole nitrogens is 1. The lowest BCUT2D eigenvalue weighted by atomic mass is 10.1. The van der Waals surface area contributed by atoms with E-state index in [2.05, 4.69) is 65.5 Å². The summed E-state index contributed by atoms with van der Waals surface area (Å²) >= 11 is 0. The lowest BCUT2D eigenvalue weighted by Crippen LogP contribution is -2.29. The van der Waals surface area contributed by atoms with Crippen molar-refractivity contribution < 1.29 is 4.74 Å². The van der Waals surface area contributed by atoms with Gasteiger partial charge in [-0.1, -0.05) is 37.3 Å². The third-order valence-corrected chi connectivity index (χ3v) is 4.76. The highest BCUT2D eigenvalue weighted by atomic mass is 16.5. The van der Waals surface area contributed by atoms with Crippen molar-refractivity contribution in [2.75, 3.05) is 26.7 Å². The molecule has 0 unspecified atom stereocenters. The number of nitrogens with one attached hydrogen (secondary N) is 1. The minimum atomic E-state index is 0.943. The van der Waals surface area contributed by atoms with Gasteiger partial charge in [-0.15, -0.1) is 0 Å². The van der Waals surface area contributed by atoms with E-state index in [0.717, 1.165) is 38.2 Å². The average Bonchev–Trinajstić information content (AvgIpc) is 3.07. The number of aromatic nitrogens is 1. The van der Waals surface area contributed by atoms with Crippen LogP contribution in [0.5, 0.6) is 5.75 Å². The summed E-state index contributed by atoms with van der Waals surface area (Å²) in [5, 5.41) is 1.35. The molecule has 0 saturated heterocycles. The largest absolute Gasteiger partial charge is 0.497 e. The van der Waals surface area contributed by atoms with Gasteiger partial charge in [0, 0.05) is 30.2 Å². The smallest absolute Gasteiger partial charge is 0.119 e. The summed E-state index contributed by atoms with van der Waals surface area (Å²) in [4.78, 5) is 5.95. The van der Waals surface area contributed by atoms with Crippen molar-refractivity contribution in [2.45, 2.75) is 26.2 Å². The molecule has 0 atom stereocenters. The van der Waals surface area contributed by atoms with Crippen LogP contribution in [-0.4, -0.2) is 36.6 Å². The number of methoxy groups -OCH3 is 1. The van der Waals surface area contributed by atoms with E-state index in [4.69, 9.17) is 4.74 Å². The summed E-state index contributed by atoms with van der Waals surface area (Å²) in [7, 11) is 1.73. The molecule has 0 aliphatic rings. The van der Waals surface area contributed by atoms with E-state index in [1.165, 1.54) is 28.5 Å². The van der Waals surface area contributed by atoms with E-state index in [1.54, 1.807) is 7.11 Å². The van der Waals surface area contributed by atoms with Gasteiger partial charge in [-0.2, -0.15) is 0 Å². The quantitative estimate of drug-likeness (QED) is 0.615. The summed E-state index contributed by atoms with van der Waals surface area (Å²) in [6.07, 6.45) is 5.50. The zero-order valence-corrected chi connectivity index (χ0v) is 15.3. The molecule has 0 spiro atoms. The van der Waals surface area contributed by atoms with Crippen LogP contribution in [0.1, 0.15) is 24.5 Å². The number of benzene rings is 2. The molecule has 3 nitrogen and oxygen atoms in total. The Morgan fingerprint density at radius 3 is 2.64 bits per heavy atom. The van der Waals surface area contributed by atoms with E-state index in [-0.39, 0.29) is 0 Å². The number of rotatable bonds is 9. The normalized spacial score (nSPS) is 11.3. The van der Waals surface area contributed by atoms with Crippen LogP contribution in [0.3, 0.4) is 0 Å². The van der Waals surface area contributed by atoms with Crippen molar-refractivity contribution in [3.63, 3.8) is 0 Å². The fraction of sp³-hybridized carbons (Fsp3) is 0.364. The first kappa shape index (κ1) is 17.6. The van der Waals surface area contributed by atoms with E-state index < -0.39 is 0 Å². The van der Waals surface area contributed by atoms with Gasteiger partial charge in [-0.25, -0.2) is 0 Å². The monoisotopic (exact) mass is 336 g/mol. The second-order valence-electron chi connectivity index (χ2n) is 6.55. The molecule has 0 aliphatic heterocycles. The number of fused-ring (bicyclic) bond motifs is 1. The Balaban J connectivity index is 1.59. The van der Waals surface area contributed by atoms with Gasteiger partial charge >= 0.3 is 0 Å². The molecule has 0 fully saturated rings. The van der Waals surface area contributed by atoms with Gasteiger partial charge in [-0.05, 0) is 55.1 Å². The number of para-hydroxylation sites is 1. The summed E-state index contributed by atoms with van der Waals surface area (Å²) in [5.41, 5.74) is 3.99. The van der Waals surface area contributed by atoms with E-state index in [9.17, 15) is 0 Å². The van der Waals surface area contributed by atoms with Crippen LogP contribution >= 0.6 is 0 Å². The van der Waals surface area contributed by atoms with Crippen molar-refractivity contribution in [1.29, 1.82) is 0 Å². The van der Waals surface area contributed by atoms with Gasteiger partial charge in [0.1, 0.15) is 5.75 Å². The highest BCUT2D eigenvalue weighted by molar-refractivity contribution is 5.83. The fourth-order valence-corrected chi connectivity index (χ4v) is 3.38. The minimum absolute atomic E-state index is 0.943. The van der Waals surface area contributed by atoms with E-state index in [1.807, 2.05) is 6.07 Å². The molecule has 132 valence electrons. The van der Waals surface area contributed by atoms with Crippen LogP contribution in [0.15, 0.2) is 54.7 Å². The molecule has 2 aromatic carbocycles. The molecule has 3 rings (SSSR count). The molecule has 1 aromatic heterocycles. The zero-order valence-electron chi connectivity index (χ0n) is 15.3. The summed E-state index contributed by atoms with van der Waals surface area (Å²) in [6.45, 7) is 5.58. The van der Waals surface area contributed by atoms with Gasteiger partial charge in [0.05, 0.1) is 7.11 Å². The highest BCUT2D eigenvalue weighted by Crippen LogP contribution is 2.19. The molecular weight excluding hydrogens is 308 g/mol. The fourth-order valence-electron chi connectivity index (χ4n) is 3.38. The standard InChI is InChI=1S/C22H28N2O/c1-3-13-24(14-11-18-7-6-8-20(16-18)25-2)15-12-19-17-23-22-10-5-4-9-21(19)22/h4-10,16-17,23H,3,11-15H2,1-2H3. The average molecular weight is 336 g/mol. The first-order chi connectivity index (χ1) is 12.3. The van der Waals surface area contributed by atoms with Crippen molar-refractivity contribution in [2.24, 2.45) is 0 Å². The highest BCUT2D eigenvalue weighted by Gasteiger charge is 2.08.